The van der Waals surface area contributed by atoms with Gasteiger partial charge in [-0.2, -0.15) is 13.2 Å². The van der Waals surface area contributed by atoms with Crippen molar-refractivity contribution >= 4 is 44.8 Å². The standard InChI is InChI=1S/C18H14ClF3N2O4S/c1-10-9-29(27,28)24(17(10)26)13-5-6-14(15(19)8-13)16(25)23-12-4-2-3-11(7-12)18(20,21)22/h2-8,10H,9H2,1H3,(H,23,25)/t10-/m1/s1. The second-order valence-corrected chi connectivity index (χ2v) is 8.75. The number of hydrogen-bond acceptors (Lipinski definition) is 4. The molecule has 1 aliphatic heterocycles. The van der Waals surface area contributed by atoms with Crippen LogP contribution in [0.5, 0.6) is 0 Å². The Bertz CT molecular complexity index is 1100. The fourth-order valence-corrected chi connectivity index (χ4v) is 4.95. The lowest BCUT2D eigenvalue weighted by Crippen LogP contribution is -2.30. The minimum atomic E-state index is -4.56. The van der Waals surface area contributed by atoms with Crippen molar-refractivity contribution in [1.29, 1.82) is 0 Å². The molecule has 2 amide bonds. The van der Waals surface area contributed by atoms with E-state index in [9.17, 15) is 31.2 Å². The summed E-state index contributed by atoms with van der Waals surface area (Å²) in [5, 5.41) is 2.15. The van der Waals surface area contributed by atoms with Crippen molar-refractivity contribution in [2.24, 2.45) is 5.92 Å². The van der Waals surface area contributed by atoms with Gasteiger partial charge in [0, 0.05) is 5.69 Å². The molecule has 154 valence electrons. The van der Waals surface area contributed by atoms with E-state index < -0.39 is 39.5 Å². The van der Waals surface area contributed by atoms with Gasteiger partial charge in [-0.3, -0.25) is 9.59 Å². The van der Waals surface area contributed by atoms with Gasteiger partial charge in [0.1, 0.15) is 0 Å². The third-order valence-electron chi connectivity index (χ3n) is 4.24. The van der Waals surface area contributed by atoms with Crippen LogP contribution in [0.4, 0.5) is 24.5 Å². The minimum absolute atomic E-state index is 0.0139. The van der Waals surface area contributed by atoms with Crippen molar-refractivity contribution in [2.75, 3.05) is 15.4 Å². The predicted molar refractivity (Wildman–Crippen MR) is 101 cm³/mol. The van der Waals surface area contributed by atoms with Crippen LogP contribution >= 0.6 is 11.6 Å². The van der Waals surface area contributed by atoms with Crippen LogP contribution in [0.15, 0.2) is 42.5 Å². The molecule has 1 atom stereocenters. The highest BCUT2D eigenvalue weighted by molar-refractivity contribution is 7.94. The summed E-state index contributed by atoms with van der Waals surface area (Å²) in [6.45, 7) is 1.48. The van der Waals surface area contributed by atoms with E-state index in [-0.39, 0.29) is 27.7 Å². The van der Waals surface area contributed by atoms with Crippen LogP contribution in [0.2, 0.25) is 5.02 Å². The fraction of sp³-hybridized carbons (Fsp3) is 0.222. The number of halogens is 4. The maximum Gasteiger partial charge on any atom is 0.416 e. The Balaban J connectivity index is 1.86. The Morgan fingerprint density at radius 2 is 1.90 bits per heavy atom. The van der Waals surface area contributed by atoms with E-state index in [1.54, 1.807) is 0 Å². The summed E-state index contributed by atoms with van der Waals surface area (Å²) in [5.41, 5.74) is -1.12. The number of anilines is 2. The van der Waals surface area contributed by atoms with Gasteiger partial charge in [0.2, 0.25) is 15.9 Å². The monoisotopic (exact) mass is 446 g/mol. The molecular weight excluding hydrogens is 433 g/mol. The second kappa shape index (κ2) is 7.34. The van der Waals surface area contributed by atoms with E-state index in [4.69, 9.17) is 11.6 Å². The van der Waals surface area contributed by atoms with Gasteiger partial charge >= 0.3 is 6.18 Å². The quantitative estimate of drug-likeness (QED) is 0.774. The lowest BCUT2D eigenvalue weighted by Gasteiger charge is -2.16. The molecule has 0 bridgehead atoms. The first-order valence-electron chi connectivity index (χ1n) is 8.25. The minimum Gasteiger partial charge on any atom is -0.322 e. The van der Waals surface area contributed by atoms with E-state index >= 15 is 0 Å². The molecule has 0 aliphatic carbocycles. The number of carbonyl (C=O) groups is 2. The van der Waals surface area contributed by atoms with Crippen molar-refractivity contribution in [3.8, 4) is 0 Å². The van der Waals surface area contributed by atoms with Gasteiger partial charge in [0.25, 0.3) is 5.91 Å². The molecule has 1 N–H and O–H groups in total. The van der Waals surface area contributed by atoms with Crippen LogP contribution in [-0.2, 0) is 21.0 Å². The lowest BCUT2D eigenvalue weighted by atomic mass is 10.1. The highest BCUT2D eigenvalue weighted by Gasteiger charge is 2.42. The second-order valence-electron chi connectivity index (χ2n) is 6.48. The topological polar surface area (TPSA) is 83.6 Å². The maximum atomic E-state index is 12.8. The average molecular weight is 447 g/mol. The molecule has 2 aromatic carbocycles. The molecule has 6 nitrogen and oxygen atoms in total. The number of amides is 2. The van der Waals surface area contributed by atoms with E-state index in [2.05, 4.69) is 5.32 Å². The van der Waals surface area contributed by atoms with Crippen LogP contribution in [0.25, 0.3) is 0 Å². The molecule has 1 fully saturated rings. The highest BCUT2D eigenvalue weighted by Crippen LogP contribution is 2.33. The van der Waals surface area contributed by atoms with Crippen molar-refractivity contribution in [2.45, 2.75) is 13.1 Å². The maximum absolute atomic E-state index is 12.8. The van der Waals surface area contributed by atoms with E-state index in [1.807, 2.05) is 0 Å². The number of benzene rings is 2. The Kier molecular flexibility index (Phi) is 5.35. The van der Waals surface area contributed by atoms with Crippen LogP contribution < -0.4 is 9.62 Å². The fourth-order valence-electron chi connectivity index (χ4n) is 2.87. The first-order valence-corrected chi connectivity index (χ1v) is 10.2. The smallest absolute Gasteiger partial charge is 0.322 e. The third kappa shape index (κ3) is 4.23. The Hall–Kier alpha value is -2.59. The van der Waals surface area contributed by atoms with Crippen LogP contribution in [-0.4, -0.2) is 26.0 Å². The van der Waals surface area contributed by atoms with Crippen LogP contribution in [0.3, 0.4) is 0 Å². The van der Waals surface area contributed by atoms with Crippen LogP contribution in [0.1, 0.15) is 22.8 Å². The molecule has 29 heavy (non-hydrogen) atoms. The van der Waals surface area contributed by atoms with E-state index in [0.29, 0.717) is 4.31 Å². The van der Waals surface area contributed by atoms with Crippen molar-refractivity contribution in [3.05, 3.63) is 58.6 Å². The molecule has 0 aromatic heterocycles. The van der Waals surface area contributed by atoms with Gasteiger partial charge in [-0.15, -0.1) is 0 Å². The molecule has 0 spiro atoms. The third-order valence-corrected chi connectivity index (χ3v) is 6.42. The summed E-state index contributed by atoms with van der Waals surface area (Å²) in [6, 6.07) is 7.66. The number of nitrogens with one attached hydrogen (secondary N) is 1. The van der Waals surface area contributed by atoms with Crippen molar-refractivity contribution < 1.29 is 31.2 Å². The number of hydrogen-bond donors (Lipinski definition) is 1. The molecule has 0 radical (unpaired) electrons. The van der Waals surface area contributed by atoms with Gasteiger partial charge < -0.3 is 5.32 Å². The molecule has 0 unspecified atom stereocenters. The Morgan fingerprint density at radius 1 is 1.21 bits per heavy atom. The van der Waals surface area contributed by atoms with Gasteiger partial charge in [0.15, 0.2) is 0 Å². The lowest BCUT2D eigenvalue weighted by molar-refractivity contribution is -0.137. The highest BCUT2D eigenvalue weighted by atomic mass is 35.5. The summed E-state index contributed by atoms with van der Waals surface area (Å²) in [5.74, 6) is -2.43. The zero-order valence-electron chi connectivity index (χ0n) is 14.8. The molecular formula is C18H14ClF3N2O4S. The Labute approximate surface area is 169 Å². The predicted octanol–water partition coefficient (Wildman–Crippen LogP) is 3.92. The molecule has 2 aromatic rings. The van der Waals surface area contributed by atoms with E-state index in [0.717, 1.165) is 24.3 Å². The molecule has 11 heteroatoms. The van der Waals surface area contributed by atoms with Gasteiger partial charge in [0.05, 0.1) is 33.5 Å². The number of sulfonamides is 1. The zero-order chi connectivity index (χ0) is 21.6. The van der Waals surface area contributed by atoms with Gasteiger partial charge in [-0.25, -0.2) is 12.7 Å². The summed E-state index contributed by atoms with van der Waals surface area (Å²) in [6.07, 6.45) is -4.56. The number of alkyl halides is 3. The summed E-state index contributed by atoms with van der Waals surface area (Å²) < 4.78 is 63.3. The summed E-state index contributed by atoms with van der Waals surface area (Å²) in [7, 11) is -3.84. The first kappa shape index (κ1) is 21.1. The van der Waals surface area contributed by atoms with Crippen molar-refractivity contribution in [1.82, 2.24) is 0 Å². The largest absolute Gasteiger partial charge is 0.416 e. The molecule has 1 saturated heterocycles. The zero-order valence-corrected chi connectivity index (χ0v) is 16.4. The first-order chi connectivity index (χ1) is 13.4. The molecule has 3 rings (SSSR count). The number of nitrogens with zero attached hydrogens (tertiary/aromatic N) is 1. The SMILES string of the molecule is C[C@@H]1CS(=O)(=O)N(c2ccc(C(=O)Nc3cccc(C(F)(F)F)c3)c(Cl)c2)C1=O. The number of rotatable bonds is 3. The van der Waals surface area contributed by atoms with E-state index in [1.165, 1.54) is 25.1 Å². The number of carbonyl (C=O) groups excluding carboxylic acids is 2. The van der Waals surface area contributed by atoms with Crippen molar-refractivity contribution in [3.63, 3.8) is 0 Å². The average Bonchev–Trinajstić information content (AvgIpc) is 2.81. The molecule has 1 heterocycles. The molecule has 0 saturated carbocycles. The Morgan fingerprint density at radius 3 is 2.45 bits per heavy atom. The molecule has 1 aliphatic rings. The summed E-state index contributed by atoms with van der Waals surface area (Å²) >= 11 is 6.08. The normalized spacial score (nSPS) is 18.7. The van der Waals surface area contributed by atoms with Crippen LogP contribution in [0, 0.1) is 5.92 Å². The van der Waals surface area contributed by atoms with Gasteiger partial charge in [-0.05, 0) is 36.4 Å². The summed E-state index contributed by atoms with van der Waals surface area (Å²) in [4.78, 5) is 24.5. The van der Waals surface area contributed by atoms with Gasteiger partial charge in [-0.1, -0.05) is 24.6 Å².